The standard InChI is InChI=1S/C17H18N2O4S/c1-13(20)15-8-5-9-16(12-15)24(22,23)19-11-10-18-17(21)14-6-3-2-4-7-14/h2-9,12,19H,10-11H2,1H3,(H,18,21). The van der Waals surface area contributed by atoms with Crippen molar-refractivity contribution < 1.29 is 18.0 Å². The number of carbonyl (C=O) groups excluding carboxylic acids is 2. The number of carbonyl (C=O) groups is 2. The molecule has 0 aliphatic rings. The molecule has 0 bridgehead atoms. The Morgan fingerprint density at radius 2 is 1.58 bits per heavy atom. The third-order valence-corrected chi connectivity index (χ3v) is 4.75. The van der Waals surface area contributed by atoms with Crippen LogP contribution in [0.25, 0.3) is 0 Å². The second kappa shape index (κ2) is 7.85. The van der Waals surface area contributed by atoms with Crippen LogP contribution in [0, 0.1) is 0 Å². The first-order chi connectivity index (χ1) is 11.4. The molecule has 0 aliphatic carbocycles. The topological polar surface area (TPSA) is 92.3 Å². The van der Waals surface area contributed by atoms with Crippen LogP contribution in [0.3, 0.4) is 0 Å². The van der Waals surface area contributed by atoms with Crippen molar-refractivity contribution in [3.63, 3.8) is 0 Å². The fourth-order valence-corrected chi connectivity index (χ4v) is 3.10. The van der Waals surface area contributed by atoms with E-state index in [9.17, 15) is 18.0 Å². The quantitative estimate of drug-likeness (QED) is 0.588. The summed E-state index contributed by atoms with van der Waals surface area (Å²) in [5, 5.41) is 2.63. The van der Waals surface area contributed by atoms with E-state index in [0.717, 1.165) is 0 Å². The average molecular weight is 346 g/mol. The van der Waals surface area contributed by atoms with Crippen LogP contribution in [0.4, 0.5) is 0 Å². The first kappa shape index (κ1) is 17.8. The van der Waals surface area contributed by atoms with Crippen LogP contribution in [0.1, 0.15) is 27.6 Å². The summed E-state index contributed by atoms with van der Waals surface area (Å²) in [6.07, 6.45) is 0. The molecule has 0 fully saturated rings. The normalized spacial score (nSPS) is 11.0. The lowest BCUT2D eigenvalue weighted by atomic mass is 10.2. The molecule has 0 aromatic heterocycles. The Kier molecular flexibility index (Phi) is 5.83. The number of benzene rings is 2. The molecule has 126 valence electrons. The third-order valence-electron chi connectivity index (χ3n) is 3.29. The summed E-state index contributed by atoms with van der Waals surface area (Å²) >= 11 is 0. The highest BCUT2D eigenvalue weighted by atomic mass is 32.2. The number of hydrogen-bond donors (Lipinski definition) is 2. The van der Waals surface area contributed by atoms with Crippen molar-refractivity contribution in [1.29, 1.82) is 0 Å². The van der Waals surface area contributed by atoms with Crippen molar-refractivity contribution in [1.82, 2.24) is 10.0 Å². The van der Waals surface area contributed by atoms with Gasteiger partial charge in [0.05, 0.1) is 4.90 Å². The number of hydrogen-bond acceptors (Lipinski definition) is 4. The largest absolute Gasteiger partial charge is 0.351 e. The van der Waals surface area contributed by atoms with Crippen molar-refractivity contribution in [3.8, 4) is 0 Å². The number of sulfonamides is 1. The maximum atomic E-state index is 12.2. The Hall–Kier alpha value is -2.51. The van der Waals surface area contributed by atoms with Crippen LogP contribution in [-0.4, -0.2) is 33.2 Å². The van der Waals surface area contributed by atoms with E-state index >= 15 is 0 Å². The summed E-state index contributed by atoms with van der Waals surface area (Å²) in [4.78, 5) is 23.2. The predicted octanol–water partition coefficient (Wildman–Crippen LogP) is 1.60. The molecule has 1 amide bonds. The summed E-state index contributed by atoms with van der Waals surface area (Å²) < 4.78 is 26.8. The summed E-state index contributed by atoms with van der Waals surface area (Å²) in [5.41, 5.74) is 0.838. The average Bonchev–Trinajstić information content (AvgIpc) is 2.59. The van der Waals surface area contributed by atoms with Crippen molar-refractivity contribution in [3.05, 3.63) is 65.7 Å². The molecule has 0 saturated carbocycles. The van der Waals surface area contributed by atoms with E-state index < -0.39 is 10.0 Å². The molecular formula is C17H18N2O4S. The lowest BCUT2D eigenvalue weighted by Crippen LogP contribution is -2.34. The van der Waals surface area contributed by atoms with Gasteiger partial charge in [-0.15, -0.1) is 0 Å². The molecule has 7 heteroatoms. The molecule has 2 aromatic carbocycles. The van der Waals surface area contributed by atoms with Crippen LogP contribution >= 0.6 is 0 Å². The van der Waals surface area contributed by atoms with Crippen LogP contribution in [-0.2, 0) is 10.0 Å². The smallest absolute Gasteiger partial charge is 0.251 e. The minimum atomic E-state index is -3.73. The molecule has 24 heavy (non-hydrogen) atoms. The van der Waals surface area contributed by atoms with Gasteiger partial charge in [0.25, 0.3) is 5.91 Å². The van der Waals surface area contributed by atoms with Gasteiger partial charge in [0.15, 0.2) is 5.78 Å². The highest BCUT2D eigenvalue weighted by molar-refractivity contribution is 7.89. The van der Waals surface area contributed by atoms with Gasteiger partial charge in [0.2, 0.25) is 10.0 Å². The van der Waals surface area contributed by atoms with Gasteiger partial charge in [-0.25, -0.2) is 13.1 Å². The van der Waals surface area contributed by atoms with Crippen LogP contribution < -0.4 is 10.0 Å². The lowest BCUT2D eigenvalue weighted by Gasteiger charge is -2.09. The van der Waals surface area contributed by atoms with Gasteiger partial charge in [-0.05, 0) is 31.2 Å². The molecule has 0 atom stereocenters. The van der Waals surface area contributed by atoms with E-state index in [0.29, 0.717) is 11.1 Å². The Balaban J connectivity index is 1.90. The van der Waals surface area contributed by atoms with Gasteiger partial charge >= 0.3 is 0 Å². The Morgan fingerprint density at radius 1 is 0.917 bits per heavy atom. The second-order valence-electron chi connectivity index (χ2n) is 5.10. The minimum absolute atomic E-state index is 0.0181. The zero-order chi connectivity index (χ0) is 17.6. The van der Waals surface area contributed by atoms with E-state index in [-0.39, 0.29) is 29.7 Å². The number of nitrogens with one attached hydrogen (secondary N) is 2. The van der Waals surface area contributed by atoms with Gasteiger partial charge in [-0.1, -0.05) is 30.3 Å². The van der Waals surface area contributed by atoms with E-state index in [2.05, 4.69) is 10.0 Å². The first-order valence-corrected chi connectivity index (χ1v) is 8.82. The minimum Gasteiger partial charge on any atom is -0.351 e. The molecule has 0 unspecified atom stereocenters. The van der Waals surface area contributed by atoms with Gasteiger partial charge in [-0.2, -0.15) is 0 Å². The van der Waals surface area contributed by atoms with Crippen molar-refractivity contribution in [2.24, 2.45) is 0 Å². The first-order valence-electron chi connectivity index (χ1n) is 7.34. The molecule has 2 rings (SSSR count). The Labute approximate surface area is 140 Å². The van der Waals surface area contributed by atoms with Gasteiger partial charge < -0.3 is 5.32 Å². The van der Waals surface area contributed by atoms with Crippen molar-refractivity contribution >= 4 is 21.7 Å². The predicted molar refractivity (Wildman–Crippen MR) is 90.4 cm³/mol. The van der Waals surface area contributed by atoms with Gasteiger partial charge in [0.1, 0.15) is 0 Å². The summed E-state index contributed by atoms with van der Waals surface area (Å²) in [6.45, 7) is 1.57. The number of ketones is 1. The molecule has 0 heterocycles. The monoisotopic (exact) mass is 346 g/mol. The highest BCUT2D eigenvalue weighted by Crippen LogP contribution is 2.11. The number of rotatable bonds is 7. The molecule has 0 radical (unpaired) electrons. The van der Waals surface area contributed by atoms with Crippen molar-refractivity contribution in [2.75, 3.05) is 13.1 Å². The number of Topliss-reactive ketones (excluding diaryl/α,β-unsaturated/α-hetero) is 1. The van der Waals surface area contributed by atoms with E-state index in [4.69, 9.17) is 0 Å². The maximum absolute atomic E-state index is 12.2. The maximum Gasteiger partial charge on any atom is 0.251 e. The molecule has 0 aliphatic heterocycles. The fraction of sp³-hybridized carbons (Fsp3) is 0.176. The van der Waals surface area contributed by atoms with Crippen LogP contribution in [0.15, 0.2) is 59.5 Å². The fourth-order valence-electron chi connectivity index (χ4n) is 2.02. The summed E-state index contributed by atoms with van der Waals surface area (Å²) in [5.74, 6) is -0.476. The molecule has 0 saturated heterocycles. The molecule has 2 N–H and O–H groups in total. The Bertz CT molecular complexity index is 833. The summed E-state index contributed by atoms with van der Waals surface area (Å²) in [6, 6.07) is 14.5. The molecule has 6 nitrogen and oxygen atoms in total. The van der Waals surface area contributed by atoms with E-state index in [1.165, 1.54) is 25.1 Å². The van der Waals surface area contributed by atoms with Crippen LogP contribution in [0.2, 0.25) is 0 Å². The molecule has 2 aromatic rings. The molecular weight excluding hydrogens is 328 g/mol. The zero-order valence-corrected chi connectivity index (χ0v) is 14.0. The zero-order valence-electron chi connectivity index (χ0n) is 13.2. The summed E-state index contributed by atoms with van der Waals surface area (Å²) in [7, 11) is -3.73. The third kappa shape index (κ3) is 4.74. The number of amides is 1. The van der Waals surface area contributed by atoms with E-state index in [1.807, 2.05) is 0 Å². The van der Waals surface area contributed by atoms with Crippen molar-refractivity contribution in [2.45, 2.75) is 11.8 Å². The van der Waals surface area contributed by atoms with Gasteiger partial charge in [-0.3, -0.25) is 9.59 Å². The van der Waals surface area contributed by atoms with Crippen LogP contribution in [0.5, 0.6) is 0 Å². The SMILES string of the molecule is CC(=O)c1cccc(S(=O)(=O)NCCNC(=O)c2ccccc2)c1. The van der Waals surface area contributed by atoms with E-state index in [1.54, 1.807) is 36.4 Å². The Morgan fingerprint density at radius 3 is 2.25 bits per heavy atom. The lowest BCUT2D eigenvalue weighted by molar-refractivity contribution is 0.0953. The van der Waals surface area contributed by atoms with Gasteiger partial charge in [0, 0.05) is 24.2 Å². The molecule has 0 spiro atoms. The second-order valence-corrected chi connectivity index (χ2v) is 6.87. The highest BCUT2D eigenvalue weighted by Gasteiger charge is 2.15.